The van der Waals surface area contributed by atoms with E-state index in [4.69, 9.17) is 5.26 Å². The van der Waals surface area contributed by atoms with Crippen LogP contribution in [0.2, 0.25) is 0 Å². The van der Waals surface area contributed by atoms with Crippen LogP contribution in [0.15, 0.2) is 0 Å². The number of hydrogen-bond donors (Lipinski definition) is 1. The average molecular weight is 199 g/mol. The fourth-order valence-electron chi connectivity index (χ4n) is 1.32. The zero-order chi connectivity index (χ0) is 9.68. The molecular formula is C8H13N3OS. The van der Waals surface area contributed by atoms with Crippen molar-refractivity contribution in [2.45, 2.75) is 6.04 Å². The number of carbonyl (C=O) groups excluding carboxylic acids is 1. The van der Waals surface area contributed by atoms with Gasteiger partial charge in [0.05, 0.1) is 11.8 Å². The van der Waals surface area contributed by atoms with Gasteiger partial charge in [-0.2, -0.15) is 17.0 Å². The van der Waals surface area contributed by atoms with Crippen molar-refractivity contribution in [2.24, 2.45) is 0 Å². The highest BCUT2D eigenvalue weighted by atomic mass is 32.2. The van der Waals surface area contributed by atoms with Gasteiger partial charge in [0, 0.05) is 19.6 Å². The fourth-order valence-corrected chi connectivity index (χ4v) is 1.74. The van der Waals surface area contributed by atoms with Gasteiger partial charge in [0.2, 0.25) is 5.91 Å². The third-order valence-electron chi connectivity index (χ3n) is 1.98. The maximum absolute atomic E-state index is 11.5. The van der Waals surface area contributed by atoms with Crippen molar-refractivity contribution >= 4 is 17.7 Å². The van der Waals surface area contributed by atoms with Crippen molar-refractivity contribution < 1.29 is 4.79 Å². The fraction of sp³-hybridized carbons (Fsp3) is 0.750. The van der Waals surface area contributed by atoms with E-state index in [1.165, 1.54) is 11.8 Å². The number of carbonyl (C=O) groups is 1. The van der Waals surface area contributed by atoms with Crippen molar-refractivity contribution in [3.05, 3.63) is 0 Å². The number of piperazine rings is 1. The van der Waals surface area contributed by atoms with Gasteiger partial charge in [0.1, 0.15) is 6.04 Å². The summed E-state index contributed by atoms with van der Waals surface area (Å²) in [5, 5.41) is 11.9. The first kappa shape index (κ1) is 10.4. The summed E-state index contributed by atoms with van der Waals surface area (Å²) in [6.45, 7) is 2.03. The van der Waals surface area contributed by atoms with Crippen LogP contribution in [0.1, 0.15) is 0 Å². The van der Waals surface area contributed by atoms with Gasteiger partial charge in [0.15, 0.2) is 0 Å². The molecule has 5 heteroatoms. The second-order valence-electron chi connectivity index (χ2n) is 2.87. The smallest absolute Gasteiger partial charge is 0.233 e. The van der Waals surface area contributed by atoms with Crippen molar-refractivity contribution in [1.29, 1.82) is 5.26 Å². The predicted molar refractivity (Wildman–Crippen MR) is 52.4 cm³/mol. The number of rotatable bonds is 2. The zero-order valence-electron chi connectivity index (χ0n) is 7.62. The predicted octanol–water partition coefficient (Wildman–Crippen LogP) is -0.327. The van der Waals surface area contributed by atoms with Crippen LogP contribution in [-0.2, 0) is 4.79 Å². The molecule has 4 nitrogen and oxygen atoms in total. The molecule has 13 heavy (non-hydrogen) atoms. The molecule has 1 aliphatic rings. The van der Waals surface area contributed by atoms with E-state index in [1.807, 2.05) is 6.26 Å². The van der Waals surface area contributed by atoms with Crippen molar-refractivity contribution in [3.63, 3.8) is 0 Å². The molecule has 1 heterocycles. The van der Waals surface area contributed by atoms with E-state index in [0.29, 0.717) is 18.8 Å². The zero-order valence-corrected chi connectivity index (χ0v) is 8.43. The molecule has 0 radical (unpaired) electrons. The Morgan fingerprint density at radius 1 is 1.85 bits per heavy atom. The molecule has 1 aliphatic heterocycles. The van der Waals surface area contributed by atoms with Gasteiger partial charge in [0.25, 0.3) is 0 Å². The van der Waals surface area contributed by atoms with Gasteiger partial charge in [-0.05, 0) is 6.26 Å². The summed E-state index contributed by atoms with van der Waals surface area (Å²) in [4.78, 5) is 13.2. The molecular weight excluding hydrogens is 186 g/mol. The number of nitrogens with one attached hydrogen (secondary N) is 1. The van der Waals surface area contributed by atoms with Crippen LogP contribution >= 0.6 is 11.8 Å². The Labute approximate surface area is 82.3 Å². The SMILES string of the molecule is CSCC(=O)N1CCNCC1C#N. The summed E-state index contributed by atoms with van der Waals surface area (Å²) in [6, 6.07) is 1.84. The second kappa shape index (κ2) is 5.10. The second-order valence-corrected chi connectivity index (χ2v) is 3.74. The van der Waals surface area contributed by atoms with Crippen molar-refractivity contribution in [1.82, 2.24) is 10.2 Å². The van der Waals surface area contributed by atoms with E-state index >= 15 is 0 Å². The minimum atomic E-state index is -0.284. The van der Waals surface area contributed by atoms with Crippen LogP contribution in [0, 0.1) is 11.3 Å². The highest BCUT2D eigenvalue weighted by Gasteiger charge is 2.25. The van der Waals surface area contributed by atoms with Crippen molar-refractivity contribution in [2.75, 3.05) is 31.6 Å². The molecule has 0 aromatic rings. The van der Waals surface area contributed by atoms with Crippen LogP contribution < -0.4 is 5.32 Å². The number of thioether (sulfide) groups is 1. The Morgan fingerprint density at radius 2 is 2.62 bits per heavy atom. The molecule has 1 unspecified atom stereocenters. The van der Waals surface area contributed by atoms with Crippen LogP contribution in [0.25, 0.3) is 0 Å². The lowest BCUT2D eigenvalue weighted by molar-refractivity contribution is -0.130. The molecule has 1 saturated heterocycles. The van der Waals surface area contributed by atoms with E-state index < -0.39 is 0 Å². The Bertz CT molecular complexity index is 226. The molecule has 0 spiro atoms. The monoisotopic (exact) mass is 199 g/mol. The van der Waals surface area contributed by atoms with Crippen LogP contribution in [0.3, 0.4) is 0 Å². The molecule has 72 valence electrons. The van der Waals surface area contributed by atoms with Gasteiger partial charge in [-0.25, -0.2) is 0 Å². The van der Waals surface area contributed by atoms with Crippen LogP contribution in [-0.4, -0.2) is 48.5 Å². The summed E-state index contributed by atoms with van der Waals surface area (Å²) < 4.78 is 0. The van der Waals surface area contributed by atoms with Crippen LogP contribution in [0.4, 0.5) is 0 Å². The molecule has 0 bridgehead atoms. The minimum Gasteiger partial charge on any atom is -0.323 e. The van der Waals surface area contributed by atoms with Gasteiger partial charge < -0.3 is 10.2 Å². The number of amides is 1. The maximum atomic E-state index is 11.5. The molecule has 1 rings (SSSR count). The minimum absolute atomic E-state index is 0.0700. The molecule has 1 atom stereocenters. The van der Waals surface area contributed by atoms with Gasteiger partial charge in [-0.1, -0.05) is 0 Å². The Kier molecular flexibility index (Phi) is 4.06. The molecule has 1 fully saturated rings. The third kappa shape index (κ3) is 2.61. The third-order valence-corrected chi connectivity index (χ3v) is 2.52. The Balaban J connectivity index is 2.54. The lowest BCUT2D eigenvalue weighted by Crippen LogP contribution is -2.53. The topological polar surface area (TPSA) is 56.1 Å². The van der Waals surface area contributed by atoms with Gasteiger partial charge >= 0.3 is 0 Å². The molecule has 0 aromatic heterocycles. The summed E-state index contributed by atoms with van der Waals surface area (Å²) in [6.07, 6.45) is 1.89. The quantitative estimate of drug-likeness (QED) is 0.662. The summed E-state index contributed by atoms with van der Waals surface area (Å²) >= 11 is 1.49. The standard InChI is InChI=1S/C8H13N3OS/c1-13-6-8(12)11-3-2-10-5-7(11)4-9/h7,10H,2-3,5-6H2,1H3. The van der Waals surface area contributed by atoms with Gasteiger partial charge in [-0.15, -0.1) is 0 Å². The molecule has 1 amide bonds. The summed E-state index contributed by atoms with van der Waals surface area (Å²) in [5.41, 5.74) is 0. The molecule has 0 aliphatic carbocycles. The summed E-state index contributed by atoms with van der Waals surface area (Å²) in [7, 11) is 0. The molecule has 0 saturated carbocycles. The maximum Gasteiger partial charge on any atom is 0.233 e. The largest absolute Gasteiger partial charge is 0.323 e. The number of nitrogens with zero attached hydrogens (tertiary/aromatic N) is 2. The first-order chi connectivity index (χ1) is 6.29. The summed E-state index contributed by atoms with van der Waals surface area (Å²) in [5.74, 6) is 0.540. The van der Waals surface area contributed by atoms with E-state index in [9.17, 15) is 4.79 Å². The number of hydrogen-bond acceptors (Lipinski definition) is 4. The number of nitriles is 1. The normalized spacial score (nSPS) is 22.5. The van der Waals surface area contributed by atoms with Crippen LogP contribution in [0.5, 0.6) is 0 Å². The molecule has 1 N–H and O–H groups in total. The van der Waals surface area contributed by atoms with E-state index in [1.54, 1.807) is 4.90 Å². The van der Waals surface area contributed by atoms with E-state index in [-0.39, 0.29) is 11.9 Å². The highest BCUT2D eigenvalue weighted by Crippen LogP contribution is 2.05. The van der Waals surface area contributed by atoms with Crippen molar-refractivity contribution in [3.8, 4) is 6.07 Å². The van der Waals surface area contributed by atoms with Gasteiger partial charge in [-0.3, -0.25) is 4.79 Å². The van der Waals surface area contributed by atoms with E-state index in [2.05, 4.69) is 11.4 Å². The Morgan fingerprint density at radius 3 is 3.23 bits per heavy atom. The lowest BCUT2D eigenvalue weighted by atomic mass is 10.2. The molecule has 0 aromatic carbocycles. The van der Waals surface area contributed by atoms with E-state index in [0.717, 1.165) is 6.54 Å². The lowest BCUT2D eigenvalue weighted by Gasteiger charge is -2.31. The first-order valence-electron chi connectivity index (χ1n) is 4.18. The average Bonchev–Trinajstić information content (AvgIpc) is 2.18. The highest BCUT2D eigenvalue weighted by molar-refractivity contribution is 7.99. The Hall–Kier alpha value is -0.730. The first-order valence-corrected chi connectivity index (χ1v) is 5.57.